The molecule has 0 spiro atoms. The highest BCUT2D eigenvalue weighted by molar-refractivity contribution is 5.74. The fourth-order valence-electron chi connectivity index (χ4n) is 0.906. The van der Waals surface area contributed by atoms with E-state index in [4.69, 9.17) is 5.11 Å². The summed E-state index contributed by atoms with van der Waals surface area (Å²) < 4.78 is 0. The van der Waals surface area contributed by atoms with Crippen molar-refractivity contribution in [3.05, 3.63) is 0 Å². The van der Waals surface area contributed by atoms with Gasteiger partial charge >= 0.3 is 12.0 Å². The maximum absolute atomic E-state index is 11.0. The van der Waals surface area contributed by atoms with E-state index in [2.05, 4.69) is 10.6 Å². The van der Waals surface area contributed by atoms with Crippen LogP contribution >= 0.6 is 0 Å². The molecule has 1 aliphatic rings. The van der Waals surface area contributed by atoms with Gasteiger partial charge < -0.3 is 15.7 Å². The van der Waals surface area contributed by atoms with E-state index in [0.717, 1.165) is 12.8 Å². The van der Waals surface area contributed by atoms with Crippen LogP contribution in [-0.2, 0) is 4.79 Å². The molecule has 0 bridgehead atoms. The first kappa shape index (κ1) is 9.83. The van der Waals surface area contributed by atoms with E-state index in [1.54, 1.807) is 0 Å². The minimum atomic E-state index is -0.829. The van der Waals surface area contributed by atoms with Crippen molar-refractivity contribution in [2.24, 2.45) is 0 Å². The molecule has 5 nitrogen and oxygen atoms in total. The standard InChI is InChI=1S/C8H14N2O3/c11-7(12)2-1-5-9-8(13)10-6-3-4-6/h6H,1-5H2,(H,11,12)(H2,9,10,13). The molecule has 1 saturated carbocycles. The molecule has 0 heterocycles. The normalized spacial score (nSPS) is 15.1. The Morgan fingerprint density at radius 3 is 2.62 bits per heavy atom. The molecule has 0 aromatic carbocycles. The highest BCUT2D eigenvalue weighted by Gasteiger charge is 2.22. The van der Waals surface area contributed by atoms with Crippen molar-refractivity contribution in [2.45, 2.75) is 31.7 Å². The summed E-state index contributed by atoms with van der Waals surface area (Å²) >= 11 is 0. The van der Waals surface area contributed by atoms with Gasteiger partial charge in [0.1, 0.15) is 0 Å². The molecule has 0 radical (unpaired) electrons. The first-order valence-corrected chi connectivity index (χ1v) is 4.44. The molecular formula is C8H14N2O3. The van der Waals surface area contributed by atoms with Gasteiger partial charge in [0.2, 0.25) is 0 Å². The number of urea groups is 1. The number of carboxylic acid groups (broad SMARTS) is 1. The second kappa shape index (κ2) is 4.69. The van der Waals surface area contributed by atoms with Crippen LogP contribution in [0.25, 0.3) is 0 Å². The molecule has 0 saturated heterocycles. The minimum Gasteiger partial charge on any atom is -0.481 e. The Labute approximate surface area is 76.5 Å². The number of aliphatic carboxylic acids is 1. The van der Waals surface area contributed by atoms with Crippen molar-refractivity contribution in [1.82, 2.24) is 10.6 Å². The fourth-order valence-corrected chi connectivity index (χ4v) is 0.906. The molecule has 0 aromatic heterocycles. The summed E-state index contributed by atoms with van der Waals surface area (Å²) in [4.78, 5) is 21.1. The molecule has 3 N–H and O–H groups in total. The van der Waals surface area contributed by atoms with Crippen molar-refractivity contribution >= 4 is 12.0 Å². The average Bonchev–Trinajstić information content (AvgIpc) is 2.81. The molecular weight excluding hydrogens is 172 g/mol. The van der Waals surface area contributed by atoms with E-state index in [9.17, 15) is 9.59 Å². The molecule has 0 unspecified atom stereocenters. The average molecular weight is 186 g/mol. The van der Waals surface area contributed by atoms with Gasteiger partial charge in [-0.3, -0.25) is 4.79 Å². The first-order valence-electron chi connectivity index (χ1n) is 4.44. The van der Waals surface area contributed by atoms with Crippen LogP contribution in [0.4, 0.5) is 4.79 Å². The van der Waals surface area contributed by atoms with Crippen LogP contribution < -0.4 is 10.6 Å². The number of hydrogen-bond acceptors (Lipinski definition) is 2. The lowest BCUT2D eigenvalue weighted by Crippen LogP contribution is -2.37. The highest BCUT2D eigenvalue weighted by atomic mass is 16.4. The minimum absolute atomic E-state index is 0.101. The van der Waals surface area contributed by atoms with Crippen molar-refractivity contribution in [2.75, 3.05) is 6.54 Å². The van der Waals surface area contributed by atoms with Gasteiger partial charge in [-0.25, -0.2) is 4.79 Å². The van der Waals surface area contributed by atoms with Crippen LogP contribution in [0.2, 0.25) is 0 Å². The Balaban J connectivity index is 1.91. The second-order valence-corrected chi connectivity index (χ2v) is 3.17. The molecule has 5 heteroatoms. The Morgan fingerprint density at radius 2 is 2.08 bits per heavy atom. The van der Waals surface area contributed by atoms with Gasteiger partial charge in [-0.1, -0.05) is 0 Å². The van der Waals surface area contributed by atoms with Crippen LogP contribution in [0.5, 0.6) is 0 Å². The van der Waals surface area contributed by atoms with Crippen molar-refractivity contribution in [3.63, 3.8) is 0 Å². The number of amides is 2. The van der Waals surface area contributed by atoms with Gasteiger partial charge in [0.25, 0.3) is 0 Å². The van der Waals surface area contributed by atoms with Crippen molar-refractivity contribution in [3.8, 4) is 0 Å². The summed E-state index contributed by atoms with van der Waals surface area (Å²) in [5.74, 6) is -0.829. The Hall–Kier alpha value is -1.26. The molecule has 1 fully saturated rings. The lowest BCUT2D eigenvalue weighted by Gasteiger charge is -2.04. The quantitative estimate of drug-likeness (QED) is 0.541. The van der Waals surface area contributed by atoms with Gasteiger partial charge in [-0.05, 0) is 19.3 Å². The number of rotatable bonds is 5. The molecule has 1 rings (SSSR count). The zero-order valence-corrected chi connectivity index (χ0v) is 7.38. The van der Waals surface area contributed by atoms with E-state index in [0.29, 0.717) is 19.0 Å². The third-order valence-corrected chi connectivity index (χ3v) is 1.77. The smallest absolute Gasteiger partial charge is 0.315 e. The Morgan fingerprint density at radius 1 is 1.38 bits per heavy atom. The summed E-state index contributed by atoms with van der Waals surface area (Å²) in [6.45, 7) is 0.421. The molecule has 13 heavy (non-hydrogen) atoms. The van der Waals surface area contributed by atoms with Crippen LogP contribution in [0.1, 0.15) is 25.7 Å². The monoisotopic (exact) mass is 186 g/mol. The molecule has 74 valence electrons. The summed E-state index contributed by atoms with van der Waals surface area (Å²) in [5.41, 5.74) is 0. The summed E-state index contributed by atoms with van der Waals surface area (Å²) in [6.07, 6.45) is 2.70. The zero-order chi connectivity index (χ0) is 9.68. The Kier molecular flexibility index (Phi) is 3.54. The predicted molar refractivity (Wildman–Crippen MR) is 46.4 cm³/mol. The third-order valence-electron chi connectivity index (χ3n) is 1.77. The second-order valence-electron chi connectivity index (χ2n) is 3.17. The first-order chi connectivity index (χ1) is 6.18. The zero-order valence-electron chi connectivity index (χ0n) is 7.38. The van der Waals surface area contributed by atoms with Gasteiger partial charge in [-0.2, -0.15) is 0 Å². The number of nitrogens with one attached hydrogen (secondary N) is 2. The number of hydrogen-bond donors (Lipinski definition) is 3. The van der Waals surface area contributed by atoms with Gasteiger partial charge in [0.05, 0.1) is 0 Å². The van der Waals surface area contributed by atoms with Crippen LogP contribution in [-0.4, -0.2) is 29.7 Å². The van der Waals surface area contributed by atoms with Crippen LogP contribution in [0.3, 0.4) is 0 Å². The molecule has 0 atom stereocenters. The SMILES string of the molecule is O=C(O)CCCNC(=O)NC1CC1. The van der Waals surface area contributed by atoms with Crippen molar-refractivity contribution < 1.29 is 14.7 Å². The molecule has 2 amide bonds. The summed E-state index contributed by atoms with van der Waals surface area (Å²) in [7, 11) is 0. The number of carbonyl (C=O) groups excluding carboxylic acids is 1. The van der Waals surface area contributed by atoms with E-state index in [1.165, 1.54) is 0 Å². The van der Waals surface area contributed by atoms with E-state index < -0.39 is 5.97 Å². The maximum atomic E-state index is 11.0. The topological polar surface area (TPSA) is 78.4 Å². The number of carboxylic acids is 1. The summed E-state index contributed by atoms with van der Waals surface area (Å²) in [5, 5.41) is 13.6. The predicted octanol–water partition coefficient (Wildman–Crippen LogP) is 0.313. The molecule has 0 aliphatic heterocycles. The van der Waals surface area contributed by atoms with E-state index >= 15 is 0 Å². The van der Waals surface area contributed by atoms with Gasteiger partial charge in [0, 0.05) is 19.0 Å². The van der Waals surface area contributed by atoms with E-state index in [1.807, 2.05) is 0 Å². The van der Waals surface area contributed by atoms with Crippen LogP contribution in [0.15, 0.2) is 0 Å². The third kappa shape index (κ3) is 5.05. The Bertz CT molecular complexity index is 202. The molecule has 0 aromatic rings. The van der Waals surface area contributed by atoms with Crippen LogP contribution in [0, 0.1) is 0 Å². The highest BCUT2D eigenvalue weighted by Crippen LogP contribution is 2.18. The van der Waals surface area contributed by atoms with Crippen molar-refractivity contribution in [1.29, 1.82) is 0 Å². The van der Waals surface area contributed by atoms with Gasteiger partial charge in [-0.15, -0.1) is 0 Å². The van der Waals surface area contributed by atoms with E-state index in [-0.39, 0.29) is 12.5 Å². The fraction of sp³-hybridized carbons (Fsp3) is 0.750. The molecule has 1 aliphatic carbocycles. The number of carbonyl (C=O) groups is 2. The summed E-state index contributed by atoms with van der Waals surface area (Å²) in [6, 6.07) is 0.160. The largest absolute Gasteiger partial charge is 0.481 e. The van der Waals surface area contributed by atoms with Gasteiger partial charge in [0.15, 0.2) is 0 Å². The lowest BCUT2D eigenvalue weighted by atomic mass is 10.3. The lowest BCUT2D eigenvalue weighted by molar-refractivity contribution is -0.137. The maximum Gasteiger partial charge on any atom is 0.315 e.